The summed E-state index contributed by atoms with van der Waals surface area (Å²) in [5, 5.41) is 3.38. The highest BCUT2D eigenvalue weighted by Crippen LogP contribution is 2.31. The molecule has 1 aromatic carbocycles. The fourth-order valence-corrected chi connectivity index (χ4v) is 3.34. The Bertz CT molecular complexity index is 544. The molecule has 1 saturated heterocycles. The molecule has 0 radical (unpaired) electrons. The largest absolute Gasteiger partial charge is 0.486 e. The third-order valence-corrected chi connectivity index (χ3v) is 4.68. The summed E-state index contributed by atoms with van der Waals surface area (Å²) in [5.74, 6) is 1.77. The van der Waals surface area contributed by atoms with Crippen LogP contribution in [0.15, 0.2) is 18.2 Å². The first-order chi connectivity index (χ1) is 10.7. The van der Waals surface area contributed by atoms with E-state index in [1.54, 1.807) is 0 Å². The topological polar surface area (TPSA) is 41.6 Å². The second-order valence-electron chi connectivity index (χ2n) is 6.65. The maximum Gasteiger partial charge on any atom is 0.176 e. The molecular formula is C18H26N2O2. The standard InChI is InChI=1S/C18H26N2O2/c1-3-15-10-19-16-9-14(6-7-18(16)22-15)17(21)12-20-8-4-5-13(2)11-20/h6-7,9,13,15,19H,3-5,8,10-12H2,1-2H3. The lowest BCUT2D eigenvalue weighted by Crippen LogP contribution is -2.38. The summed E-state index contributed by atoms with van der Waals surface area (Å²) in [6, 6.07) is 5.77. The summed E-state index contributed by atoms with van der Waals surface area (Å²) < 4.78 is 5.90. The number of fused-ring (bicyclic) bond motifs is 1. The minimum absolute atomic E-state index is 0.205. The Hall–Kier alpha value is -1.55. The van der Waals surface area contributed by atoms with Crippen molar-refractivity contribution in [3.8, 4) is 5.75 Å². The number of ether oxygens (including phenoxy) is 1. The van der Waals surface area contributed by atoms with Crippen LogP contribution < -0.4 is 10.1 Å². The summed E-state index contributed by atoms with van der Waals surface area (Å²) in [7, 11) is 0. The summed E-state index contributed by atoms with van der Waals surface area (Å²) in [5.41, 5.74) is 1.73. The average molecular weight is 302 g/mol. The van der Waals surface area contributed by atoms with Gasteiger partial charge >= 0.3 is 0 Å². The molecule has 1 fully saturated rings. The second kappa shape index (κ2) is 6.69. The van der Waals surface area contributed by atoms with Crippen LogP contribution in [-0.2, 0) is 0 Å². The van der Waals surface area contributed by atoms with E-state index in [0.717, 1.165) is 43.1 Å². The number of rotatable bonds is 4. The van der Waals surface area contributed by atoms with Crippen molar-refractivity contribution in [3.05, 3.63) is 23.8 Å². The lowest BCUT2D eigenvalue weighted by molar-refractivity contribution is 0.0893. The van der Waals surface area contributed by atoms with E-state index in [2.05, 4.69) is 24.1 Å². The van der Waals surface area contributed by atoms with E-state index in [1.165, 1.54) is 12.8 Å². The predicted molar refractivity (Wildman–Crippen MR) is 88.8 cm³/mol. The van der Waals surface area contributed by atoms with E-state index >= 15 is 0 Å². The third kappa shape index (κ3) is 3.43. The van der Waals surface area contributed by atoms with Gasteiger partial charge in [-0.15, -0.1) is 0 Å². The molecule has 0 bridgehead atoms. The number of nitrogens with zero attached hydrogens (tertiary/aromatic N) is 1. The molecule has 0 amide bonds. The number of hydrogen-bond donors (Lipinski definition) is 1. The summed E-state index contributed by atoms with van der Waals surface area (Å²) in [6.07, 6.45) is 3.69. The average Bonchev–Trinajstić information content (AvgIpc) is 2.53. The Labute approximate surface area is 132 Å². The fourth-order valence-electron chi connectivity index (χ4n) is 3.34. The molecule has 120 valence electrons. The highest BCUT2D eigenvalue weighted by Gasteiger charge is 2.22. The maximum atomic E-state index is 12.5. The Balaban J connectivity index is 1.66. The van der Waals surface area contributed by atoms with Crippen LogP contribution >= 0.6 is 0 Å². The third-order valence-electron chi connectivity index (χ3n) is 4.68. The van der Waals surface area contributed by atoms with E-state index in [4.69, 9.17) is 4.74 Å². The van der Waals surface area contributed by atoms with Gasteiger partial charge in [-0.05, 0) is 49.9 Å². The number of nitrogens with one attached hydrogen (secondary N) is 1. The van der Waals surface area contributed by atoms with Gasteiger partial charge in [0.25, 0.3) is 0 Å². The maximum absolute atomic E-state index is 12.5. The van der Waals surface area contributed by atoms with Crippen molar-refractivity contribution < 1.29 is 9.53 Å². The van der Waals surface area contributed by atoms with Crippen molar-refractivity contribution in [2.24, 2.45) is 5.92 Å². The minimum atomic E-state index is 0.205. The highest BCUT2D eigenvalue weighted by molar-refractivity contribution is 5.98. The van der Waals surface area contributed by atoms with Crippen molar-refractivity contribution in [2.45, 2.75) is 39.2 Å². The number of Topliss-reactive ketones (excluding diaryl/α,β-unsaturated/α-hetero) is 1. The number of benzene rings is 1. The lowest BCUT2D eigenvalue weighted by atomic mass is 9.99. The molecule has 2 aliphatic heterocycles. The molecule has 0 spiro atoms. The van der Waals surface area contributed by atoms with Crippen LogP contribution in [0.5, 0.6) is 5.75 Å². The number of anilines is 1. The number of likely N-dealkylation sites (tertiary alicyclic amines) is 1. The van der Waals surface area contributed by atoms with Crippen molar-refractivity contribution in [1.82, 2.24) is 4.90 Å². The highest BCUT2D eigenvalue weighted by atomic mass is 16.5. The number of carbonyl (C=O) groups excluding carboxylic acids is 1. The molecule has 0 aliphatic carbocycles. The quantitative estimate of drug-likeness (QED) is 0.867. The van der Waals surface area contributed by atoms with E-state index in [9.17, 15) is 4.79 Å². The predicted octanol–water partition coefficient (Wildman–Crippen LogP) is 3.18. The molecular weight excluding hydrogens is 276 g/mol. The zero-order valence-electron chi connectivity index (χ0n) is 13.6. The Morgan fingerprint density at radius 2 is 2.32 bits per heavy atom. The van der Waals surface area contributed by atoms with Crippen LogP contribution in [-0.4, -0.2) is 43.0 Å². The molecule has 2 aliphatic rings. The van der Waals surface area contributed by atoms with Gasteiger partial charge < -0.3 is 10.1 Å². The van der Waals surface area contributed by atoms with Gasteiger partial charge in [0.15, 0.2) is 5.78 Å². The number of hydrogen-bond acceptors (Lipinski definition) is 4. The summed E-state index contributed by atoms with van der Waals surface area (Å²) >= 11 is 0. The zero-order valence-corrected chi connectivity index (χ0v) is 13.6. The Kier molecular flexibility index (Phi) is 4.67. The van der Waals surface area contributed by atoms with Gasteiger partial charge in [0.2, 0.25) is 0 Å². The molecule has 3 rings (SSSR count). The molecule has 1 aromatic rings. The minimum Gasteiger partial charge on any atom is -0.486 e. The van der Waals surface area contributed by atoms with Gasteiger partial charge in [0, 0.05) is 12.1 Å². The smallest absolute Gasteiger partial charge is 0.176 e. The molecule has 0 saturated carbocycles. The summed E-state index contributed by atoms with van der Waals surface area (Å²) in [4.78, 5) is 14.8. The van der Waals surface area contributed by atoms with Crippen molar-refractivity contribution >= 4 is 11.5 Å². The van der Waals surface area contributed by atoms with Crippen LogP contribution in [0.25, 0.3) is 0 Å². The van der Waals surface area contributed by atoms with Crippen molar-refractivity contribution in [1.29, 1.82) is 0 Å². The van der Waals surface area contributed by atoms with Crippen LogP contribution in [0.3, 0.4) is 0 Å². The number of piperidine rings is 1. The van der Waals surface area contributed by atoms with Gasteiger partial charge in [0.05, 0.1) is 18.8 Å². The van der Waals surface area contributed by atoms with Gasteiger partial charge in [-0.1, -0.05) is 13.8 Å². The number of carbonyl (C=O) groups is 1. The van der Waals surface area contributed by atoms with E-state index in [0.29, 0.717) is 12.5 Å². The zero-order chi connectivity index (χ0) is 15.5. The van der Waals surface area contributed by atoms with Crippen molar-refractivity contribution in [2.75, 3.05) is 31.5 Å². The first-order valence-electron chi connectivity index (χ1n) is 8.46. The van der Waals surface area contributed by atoms with E-state index in [-0.39, 0.29) is 11.9 Å². The first kappa shape index (κ1) is 15.3. The monoisotopic (exact) mass is 302 g/mol. The molecule has 2 heterocycles. The molecule has 2 atom stereocenters. The van der Waals surface area contributed by atoms with Crippen molar-refractivity contribution in [3.63, 3.8) is 0 Å². The molecule has 1 N–H and O–H groups in total. The normalized spacial score (nSPS) is 25.0. The molecule has 4 nitrogen and oxygen atoms in total. The van der Waals surface area contributed by atoms with Gasteiger partial charge in [-0.25, -0.2) is 0 Å². The van der Waals surface area contributed by atoms with Crippen LogP contribution in [0.1, 0.15) is 43.5 Å². The van der Waals surface area contributed by atoms with E-state index in [1.807, 2.05) is 18.2 Å². The number of ketones is 1. The molecule has 0 aromatic heterocycles. The van der Waals surface area contributed by atoms with Crippen LogP contribution in [0, 0.1) is 5.92 Å². The Morgan fingerprint density at radius 3 is 3.09 bits per heavy atom. The van der Waals surface area contributed by atoms with Gasteiger partial charge in [0.1, 0.15) is 11.9 Å². The lowest BCUT2D eigenvalue weighted by Gasteiger charge is -2.30. The van der Waals surface area contributed by atoms with Gasteiger partial charge in [-0.3, -0.25) is 9.69 Å². The molecule has 4 heteroatoms. The SMILES string of the molecule is CCC1CNc2cc(C(=O)CN3CCCC(C)C3)ccc2O1. The van der Waals surface area contributed by atoms with E-state index < -0.39 is 0 Å². The first-order valence-corrected chi connectivity index (χ1v) is 8.46. The molecule has 2 unspecified atom stereocenters. The molecule has 22 heavy (non-hydrogen) atoms. The summed E-state index contributed by atoms with van der Waals surface area (Å²) in [6.45, 7) is 7.80. The second-order valence-corrected chi connectivity index (χ2v) is 6.65. The fraction of sp³-hybridized carbons (Fsp3) is 0.611. The van der Waals surface area contributed by atoms with Gasteiger partial charge in [-0.2, -0.15) is 0 Å². The Morgan fingerprint density at radius 1 is 1.45 bits per heavy atom. The van der Waals surface area contributed by atoms with Crippen LogP contribution in [0.2, 0.25) is 0 Å². The van der Waals surface area contributed by atoms with Crippen LogP contribution in [0.4, 0.5) is 5.69 Å².